The van der Waals surface area contributed by atoms with Crippen molar-refractivity contribution < 1.29 is 27.6 Å². The molecule has 61 heavy (non-hydrogen) atoms. The van der Waals surface area contributed by atoms with Crippen molar-refractivity contribution in [3.05, 3.63) is 87.7 Å². The van der Waals surface area contributed by atoms with Crippen molar-refractivity contribution in [1.82, 2.24) is 19.6 Å². The van der Waals surface area contributed by atoms with Crippen molar-refractivity contribution in [2.45, 2.75) is 83.5 Å². The number of hydrogen-bond acceptors (Lipinski definition) is 11. The maximum atomic E-state index is 13.9. The number of H-pyrrole nitrogens is 1. The molecule has 4 aliphatic carbocycles. The van der Waals surface area contributed by atoms with E-state index < -0.39 is 31.4 Å². The molecule has 2 aromatic heterocycles. The van der Waals surface area contributed by atoms with Crippen molar-refractivity contribution in [2.75, 3.05) is 62.7 Å². The third kappa shape index (κ3) is 8.36. The number of piperazine rings is 1. The van der Waals surface area contributed by atoms with E-state index in [2.05, 4.69) is 50.6 Å². The molecule has 0 atom stereocenters. The molecule has 2 saturated heterocycles. The Morgan fingerprint density at radius 2 is 1.82 bits per heavy atom. The first-order valence-corrected chi connectivity index (χ1v) is 23.3. The number of allylic oxidation sites excluding steroid dienone is 1. The maximum absolute atomic E-state index is 13.9. The van der Waals surface area contributed by atoms with Crippen molar-refractivity contribution in [3.63, 3.8) is 0 Å². The number of fused-ring (bicyclic) bond motifs is 1. The molecule has 0 spiro atoms. The SMILES string of the molecule is CCC12CC(C3=C(CN4CCN(c5ccc(C(=O)NS(=O)(=O)c6ccc(NCC7CCOCC7)c([N+](=O)[O-])c6)c(Oc6cnc7[nH]ccc7c6)c5)CC4)CCC(C)(C)C3)(C1)C2. The number of carbonyl (C=O) groups is 1. The number of benzene rings is 2. The molecule has 2 aliphatic heterocycles. The third-order valence-corrected chi connectivity index (χ3v) is 15.6. The van der Waals surface area contributed by atoms with E-state index in [1.54, 1.807) is 41.7 Å². The number of anilines is 2. The number of carbonyl (C=O) groups excluding carboxylic acids is 1. The van der Waals surface area contributed by atoms with Gasteiger partial charge in [-0.1, -0.05) is 38.3 Å². The van der Waals surface area contributed by atoms with Crippen molar-refractivity contribution in [3.8, 4) is 11.5 Å². The third-order valence-electron chi connectivity index (χ3n) is 14.3. The van der Waals surface area contributed by atoms with Crippen LogP contribution in [-0.2, 0) is 14.8 Å². The Labute approximate surface area is 357 Å². The van der Waals surface area contributed by atoms with Crippen LogP contribution in [0.2, 0.25) is 0 Å². The molecule has 14 nitrogen and oxygen atoms in total. The van der Waals surface area contributed by atoms with E-state index in [0.29, 0.717) is 47.4 Å². The highest BCUT2D eigenvalue weighted by Gasteiger charge is 2.68. The predicted octanol–water partition coefficient (Wildman–Crippen LogP) is 8.43. The molecular weight excluding hydrogens is 795 g/mol. The molecular formula is C46H57N7O7S. The first-order valence-electron chi connectivity index (χ1n) is 21.8. The fraction of sp³-hybridized carbons (Fsp3) is 0.522. The van der Waals surface area contributed by atoms with Gasteiger partial charge >= 0.3 is 0 Å². The molecule has 1 amide bonds. The molecule has 6 aliphatic rings. The highest BCUT2D eigenvalue weighted by molar-refractivity contribution is 7.90. The molecule has 3 saturated carbocycles. The first kappa shape index (κ1) is 41.4. The van der Waals surface area contributed by atoms with Gasteiger partial charge in [0.25, 0.3) is 21.6 Å². The Morgan fingerprint density at radius 3 is 2.56 bits per heavy atom. The molecule has 3 N–H and O–H groups in total. The zero-order valence-corrected chi connectivity index (χ0v) is 36.2. The van der Waals surface area contributed by atoms with Crippen LogP contribution < -0.4 is 19.7 Å². The maximum Gasteiger partial charge on any atom is 0.293 e. The van der Waals surface area contributed by atoms with Gasteiger partial charge in [-0.25, -0.2) is 18.1 Å². The fourth-order valence-corrected chi connectivity index (χ4v) is 11.7. The summed E-state index contributed by atoms with van der Waals surface area (Å²) >= 11 is 0. The number of nitro groups is 1. The number of aromatic nitrogens is 2. The lowest BCUT2D eigenvalue weighted by Gasteiger charge is -2.73. The summed E-state index contributed by atoms with van der Waals surface area (Å²) in [5, 5.41) is 16.0. The number of pyridine rings is 1. The van der Waals surface area contributed by atoms with Crippen LogP contribution in [-0.4, -0.2) is 86.6 Å². The second-order valence-corrected chi connectivity index (χ2v) is 20.7. The van der Waals surface area contributed by atoms with E-state index in [-0.39, 0.29) is 22.9 Å². The fourth-order valence-electron chi connectivity index (χ4n) is 10.7. The molecule has 15 heteroatoms. The Bertz CT molecular complexity index is 2460. The van der Waals surface area contributed by atoms with E-state index in [9.17, 15) is 23.3 Å². The molecule has 10 rings (SSSR count). The van der Waals surface area contributed by atoms with Crippen LogP contribution in [0.5, 0.6) is 11.5 Å². The second-order valence-electron chi connectivity index (χ2n) is 19.0. The summed E-state index contributed by atoms with van der Waals surface area (Å²) in [5.74, 6) is -0.116. The van der Waals surface area contributed by atoms with Gasteiger partial charge in [-0.15, -0.1) is 0 Å². The summed E-state index contributed by atoms with van der Waals surface area (Å²) in [4.78, 5) is 37.3. The van der Waals surface area contributed by atoms with E-state index in [1.807, 2.05) is 12.1 Å². The van der Waals surface area contributed by atoms with Crippen LogP contribution in [0, 0.1) is 32.3 Å². The first-order chi connectivity index (χ1) is 29.2. The highest BCUT2D eigenvalue weighted by atomic mass is 32.2. The summed E-state index contributed by atoms with van der Waals surface area (Å²) in [6.45, 7) is 13.4. The zero-order valence-electron chi connectivity index (χ0n) is 35.4. The minimum atomic E-state index is -4.54. The number of amides is 1. The largest absolute Gasteiger partial charge is 0.455 e. The van der Waals surface area contributed by atoms with Crippen LogP contribution in [0.4, 0.5) is 17.1 Å². The zero-order chi connectivity index (χ0) is 42.6. The van der Waals surface area contributed by atoms with Gasteiger partial charge < -0.3 is 24.7 Å². The van der Waals surface area contributed by atoms with Gasteiger partial charge in [0.15, 0.2) is 0 Å². The van der Waals surface area contributed by atoms with Gasteiger partial charge in [0.05, 0.1) is 21.6 Å². The second kappa shape index (κ2) is 16.0. The quantitative estimate of drug-likeness (QED) is 0.0632. The molecule has 0 unspecified atom stereocenters. The van der Waals surface area contributed by atoms with E-state index >= 15 is 0 Å². The number of ether oxygens (including phenoxy) is 2. The number of nitrogens with one attached hydrogen (secondary N) is 3. The summed E-state index contributed by atoms with van der Waals surface area (Å²) in [6.07, 6.45) is 14.1. The van der Waals surface area contributed by atoms with Crippen LogP contribution in [0.25, 0.3) is 11.0 Å². The average Bonchev–Trinajstić information content (AvgIpc) is 3.69. The van der Waals surface area contributed by atoms with Gasteiger partial charge in [0, 0.05) is 81.9 Å². The lowest BCUT2D eigenvalue weighted by Crippen LogP contribution is -2.63. The van der Waals surface area contributed by atoms with Crippen molar-refractivity contribution >= 4 is 44.0 Å². The van der Waals surface area contributed by atoms with Crippen LogP contribution in [0.3, 0.4) is 0 Å². The van der Waals surface area contributed by atoms with E-state index in [0.717, 1.165) is 62.7 Å². The number of nitro benzene ring substituents is 1. The molecule has 0 radical (unpaired) electrons. The van der Waals surface area contributed by atoms with Gasteiger partial charge in [0.2, 0.25) is 0 Å². The molecule has 5 fully saturated rings. The highest BCUT2D eigenvalue weighted by Crippen LogP contribution is 2.79. The lowest BCUT2D eigenvalue weighted by atomic mass is 9.31. The van der Waals surface area contributed by atoms with Crippen LogP contribution >= 0.6 is 0 Å². The minimum absolute atomic E-state index is 0.0116. The molecule has 4 aromatic rings. The van der Waals surface area contributed by atoms with Crippen LogP contribution in [0.1, 0.15) is 88.9 Å². The molecule has 324 valence electrons. The molecule has 4 heterocycles. The van der Waals surface area contributed by atoms with Gasteiger partial charge in [-0.05, 0) is 110 Å². The summed E-state index contributed by atoms with van der Waals surface area (Å²) in [5.41, 5.74) is 6.21. The number of hydrogen-bond donors (Lipinski definition) is 3. The number of aromatic amines is 1. The summed E-state index contributed by atoms with van der Waals surface area (Å²) < 4.78 is 41.2. The van der Waals surface area contributed by atoms with E-state index in [4.69, 9.17) is 9.47 Å². The van der Waals surface area contributed by atoms with Gasteiger partial charge in [-0.2, -0.15) is 0 Å². The van der Waals surface area contributed by atoms with Gasteiger partial charge in [-0.3, -0.25) is 19.8 Å². The van der Waals surface area contributed by atoms with E-state index in [1.165, 1.54) is 57.1 Å². The van der Waals surface area contributed by atoms with Gasteiger partial charge in [0.1, 0.15) is 22.8 Å². The Kier molecular flexibility index (Phi) is 10.9. The smallest absolute Gasteiger partial charge is 0.293 e. The topological polar surface area (TPSA) is 172 Å². The Morgan fingerprint density at radius 1 is 1.05 bits per heavy atom. The standard InChI is InChI=1S/C46H57N7O7S/c1-4-45-28-46(29-45,30-45)38-24-44(2,3)13-9-33(38)27-51-15-17-52(18-16-51)34-5-7-37(41(22-34)60-35-21-32-10-14-47-42(32)49-26-35)43(54)50-61(57,58)36-6-8-39(40(23-36)53(55)56)48-25-31-11-19-59-20-12-31/h5-8,10,14,21-23,26,31,48H,4,9,11-13,15-20,24-25,27-30H2,1-3H3,(H,47,49)(H,50,54). The number of rotatable bonds is 14. The molecule has 2 bridgehead atoms. The summed E-state index contributed by atoms with van der Waals surface area (Å²) in [6, 6.07) is 12.4. The normalized spacial score (nSPS) is 24.2. The van der Waals surface area contributed by atoms with Crippen LogP contribution in [0.15, 0.2) is 77.0 Å². The number of sulfonamides is 1. The van der Waals surface area contributed by atoms with Crippen molar-refractivity contribution in [1.29, 1.82) is 0 Å². The monoisotopic (exact) mass is 851 g/mol. The van der Waals surface area contributed by atoms with Crippen molar-refractivity contribution in [2.24, 2.45) is 22.2 Å². The lowest BCUT2D eigenvalue weighted by molar-refractivity contribution is -0.384. The predicted molar refractivity (Wildman–Crippen MR) is 235 cm³/mol. The summed E-state index contributed by atoms with van der Waals surface area (Å²) in [7, 11) is -4.54. The Hall–Kier alpha value is -4.99. The Balaban J connectivity index is 0.919. The minimum Gasteiger partial charge on any atom is -0.455 e. The average molecular weight is 852 g/mol. The molecule has 2 aromatic carbocycles. The number of nitrogens with zero attached hydrogens (tertiary/aromatic N) is 4.